The molecular weight excluding hydrogens is 376 g/mol. The van der Waals surface area contributed by atoms with Gasteiger partial charge in [-0.25, -0.2) is 8.42 Å². The van der Waals surface area contributed by atoms with Crippen molar-refractivity contribution in [1.82, 2.24) is 19.1 Å². The minimum Gasteiger partial charge on any atom is -0.349 e. The summed E-state index contributed by atoms with van der Waals surface area (Å²) in [6.45, 7) is 8.19. The fourth-order valence-corrected chi connectivity index (χ4v) is 5.34. The van der Waals surface area contributed by atoms with E-state index in [9.17, 15) is 13.2 Å². The van der Waals surface area contributed by atoms with Crippen LogP contribution in [0.25, 0.3) is 10.9 Å². The minimum atomic E-state index is -3.52. The molecule has 8 heteroatoms. The number of nitrogens with zero attached hydrogens (tertiary/aromatic N) is 3. The van der Waals surface area contributed by atoms with Gasteiger partial charge >= 0.3 is 0 Å². The number of likely N-dealkylation sites (tertiary alicyclic amines) is 1. The maximum absolute atomic E-state index is 12.8. The lowest BCUT2D eigenvalue weighted by molar-refractivity contribution is 0.0942. The largest absolute Gasteiger partial charge is 0.349 e. The Labute approximate surface area is 167 Å². The standard InChI is InChI=1S/C20H30N4O3S/c1-4-24(5-2)28(26,27)17-8-9-18-16(14-17)15-19(22(18)3)20(25)21-10-13-23-11-6-7-12-23/h8-9,14-15H,4-7,10-13H2,1-3H3,(H,21,25). The van der Waals surface area contributed by atoms with Crippen LogP contribution in [0.15, 0.2) is 29.2 Å². The molecule has 0 bridgehead atoms. The molecular formula is C20H30N4O3S. The number of carbonyl (C=O) groups is 1. The van der Waals surface area contributed by atoms with Crippen LogP contribution in [-0.2, 0) is 17.1 Å². The molecule has 1 fully saturated rings. The van der Waals surface area contributed by atoms with E-state index in [0.29, 0.717) is 25.3 Å². The summed E-state index contributed by atoms with van der Waals surface area (Å²) in [5.74, 6) is -0.133. The van der Waals surface area contributed by atoms with E-state index in [1.54, 1.807) is 24.3 Å². The number of benzene rings is 1. The summed E-state index contributed by atoms with van der Waals surface area (Å²) in [5, 5.41) is 3.73. The Balaban J connectivity index is 1.79. The van der Waals surface area contributed by atoms with Gasteiger partial charge in [0.1, 0.15) is 5.69 Å². The summed E-state index contributed by atoms with van der Waals surface area (Å²) in [5.41, 5.74) is 1.37. The molecule has 0 atom stereocenters. The number of rotatable bonds is 8. The molecule has 0 radical (unpaired) electrons. The van der Waals surface area contributed by atoms with Crippen LogP contribution in [0, 0.1) is 0 Å². The van der Waals surface area contributed by atoms with Gasteiger partial charge in [-0.15, -0.1) is 0 Å². The predicted molar refractivity (Wildman–Crippen MR) is 111 cm³/mol. The van der Waals surface area contributed by atoms with E-state index in [-0.39, 0.29) is 10.8 Å². The third kappa shape index (κ3) is 4.09. The first-order chi connectivity index (χ1) is 13.4. The molecule has 28 heavy (non-hydrogen) atoms. The molecule has 7 nitrogen and oxygen atoms in total. The maximum atomic E-state index is 12.8. The van der Waals surface area contributed by atoms with Crippen molar-refractivity contribution in [2.45, 2.75) is 31.6 Å². The van der Waals surface area contributed by atoms with Crippen molar-refractivity contribution in [3.63, 3.8) is 0 Å². The second kappa shape index (κ2) is 8.63. The van der Waals surface area contributed by atoms with Gasteiger partial charge in [0.15, 0.2) is 0 Å². The Kier molecular flexibility index (Phi) is 6.42. The van der Waals surface area contributed by atoms with Crippen LogP contribution >= 0.6 is 0 Å². The minimum absolute atomic E-state index is 0.133. The number of fused-ring (bicyclic) bond motifs is 1. The number of carbonyl (C=O) groups excluding carboxylic acids is 1. The predicted octanol–water partition coefficient (Wildman–Crippen LogP) is 2.03. The van der Waals surface area contributed by atoms with Gasteiger partial charge in [0.05, 0.1) is 4.90 Å². The third-order valence-corrected chi connectivity index (χ3v) is 7.55. The summed E-state index contributed by atoms with van der Waals surface area (Å²) >= 11 is 0. The van der Waals surface area contributed by atoms with Gasteiger partial charge in [0.25, 0.3) is 5.91 Å². The number of hydrogen-bond acceptors (Lipinski definition) is 4. The molecule has 0 spiro atoms. The van der Waals surface area contributed by atoms with Gasteiger partial charge in [-0.2, -0.15) is 4.31 Å². The Bertz CT molecular complexity index is 942. The highest BCUT2D eigenvalue weighted by molar-refractivity contribution is 7.89. The van der Waals surface area contributed by atoms with Gasteiger partial charge in [-0.05, 0) is 50.2 Å². The summed E-state index contributed by atoms with van der Waals surface area (Å²) in [6, 6.07) is 6.81. The number of hydrogen-bond donors (Lipinski definition) is 1. The van der Waals surface area contributed by atoms with E-state index < -0.39 is 10.0 Å². The summed E-state index contributed by atoms with van der Waals surface area (Å²) in [7, 11) is -1.69. The first-order valence-electron chi connectivity index (χ1n) is 9.98. The van der Waals surface area contributed by atoms with E-state index in [4.69, 9.17) is 0 Å². The molecule has 0 unspecified atom stereocenters. The second-order valence-corrected chi connectivity index (χ2v) is 9.14. The van der Waals surface area contributed by atoms with Crippen molar-refractivity contribution < 1.29 is 13.2 Å². The molecule has 2 aromatic rings. The highest BCUT2D eigenvalue weighted by atomic mass is 32.2. The monoisotopic (exact) mass is 406 g/mol. The van der Waals surface area contributed by atoms with E-state index in [2.05, 4.69) is 10.2 Å². The first kappa shape index (κ1) is 20.8. The highest BCUT2D eigenvalue weighted by Gasteiger charge is 2.23. The fraction of sp³-hybridized carbons (Fsp3) is 0.550. The van der Waals surface area contributed by atoms with Crippen LogP contribution in [0.4, 0.5) is 0 Å². The lowest BCUT2D eigenvalue weighted by atomic mass is 10.2. The van der Waals surface area contributed by atoms with Crippen LogP contribution in [0.3, 0.4) is 0 Å². The van der Waals surface area contributed by atoms with Gasteiger partial charge in [0.2, 0.25) is 10.0 Å². The van der Waals surface area contributed by atoms with Crippen LogP contribution < -0.4 is 5.32 Å². The van der Waals surface area contributed by atoms with Crippen molar-refractivity contribution in [3.05, 3.63) is 30.0 Å². The molecule has 3 rings (SSSR count). The summed E-state index contributed by atoms with van der Waals surface area (Å²) in [4.78, 5) is 15.2. The Hall–Kier alpha value is -1.90. The zero-order chi connectivity index (χ0) is 20.3. The SMILES string of the molecule is CCN(CC)S(=O)(=O)c1ccc2c(c1)cc(C(=O)NCCN1CCCC1)n2C. The molecule has 1 aliphatic rings. The second-order valence-electron chi connectivity index (χ2n) is 7.20. The van der Waals surface area contributed by atoms with Gasteiger partial charge in [-0.1, -0.05) is 13.8 Å². The number of nitrogens with one attached hydrogen (secondary N) is 1. The average Bonchev–Trinajstić information content (AvgIpc) is 3.30. The summed E-state index contributed by atoms with van der Waals surface area (Å²) in [6.07, 6.45) is 2.46. The number of aromatic nitrogens is 1. The fourth-order valence-electron chi connectivity index (χ4n) is 3.84. The Morgan fingerprint density at radius 3 is 2.46 bits per heavy atom. The Morgan fingerprint density at radius 1 is 1.14 bits per heavy atom. The zero-order valence-corrected chi connectivity index (χ0v) is 17.8. The lowest BCUT2D eigenvalue weighted by Crippen LogP contribution is -2.34. The highest BCUT2D eigenvalue weighted by Crippen LogP contribution is 2.24. The molecule has 1 aromatic heterocycles. The molecule has 1 aliphatic heterocycles. The van der Waals surface area contributed by atoms with Crippen LogP contribution in [0.2, 0.25) is 0 Å². The van der Waals surface area contributed by atoms with Crippen molar-refractivity contribution in [2.24, 2.45) is 7.05 Å². The lowest BCUT2D eigenvalue weighted by Gasteiger charge is -2.18. The van der Waals surface area contributed by atoms with E-state index >= 15 is 0 Å². The third-order valence-electron chi connectivity index (χ3n) is 5.50. The van der Waals surface area contributed by atoms with Gasteiger partial charge < -0.3 is 14.8 Å². The molecule has 0 aliphatic carbocycles. The molecule has 1 saturated heterocycles. The van der Waals surface area contributed by atoms with Crippen molar-refractivity contribution in [1.29, 1.82) is 0 Å². The summed E-state index contributed by atoms with van der Waals surface area (Å²) < 4.78 is 28.8. The molecule has 154 valence electrons. The van der Waals surface area contributed by atoms with E-state index in [1.165, 1.54) is 17.1 Å². The molecule has 2 heterocycles. The smallest absolute Gasteiger partial charge is 0.267 e. The molecule has 1 amide bonds. The Morgan fingerprint density at radius 2 is 1.82 bits per heavy atom. The number of aryl methyl sites for hydroxylation is 1. The normalized spacial score (nSPS) is 15.6. The van der Waals surface area contributed by atoms with Crippen LogP contribution in [0.5, 0.6) is 0 Å². The maximum Gasteiger partial charge on any atom is 0.267 e. The van der Waals surface area contributed by atoms with Crippen molar-refractivity contribution in [3.8, 4) is 0 Å². The average molecular weight is 407 g/mol. The van der Waals surface area contributed by atoms with Crippen molar-refractivity contribution >= 4 is 26.8 Å². The molecule has 1 aromatic carbocycles. The van der Waals surface area contributed by atoms with Crippen molar-refractivity contribution in [2.75, 3.05) is 39.3 Å². The topological polar surface area (TPSA) is 74.7 Å². The van der Waals surface area contributed by atoms with E-state index in [1.807, 2.05) is 25.5 Å². The van der Waals surface area contributed by atoms with Gasteiger partial charge in [-0.3, -0.25) is 4.79 Å². The number of amides is 1. The van der Waals surface area contributed by atoms with Crippen LogP contribution in [-0.4, -0.2) is 67.4 Å². The van der Waals surface area contributed by atoms with E-state index in [0.717, 1.165) is 30.5 Å². The number of sulfonamides is 1. The first-order valence-corrected chi connectivity index (χ1v) is 11.4. The molecule has 0 saturated carbocycles. The quantitative estimate of drug-likeness (QED) is 0.728. The zero-order valence-electron chi connectivity index (χ0n) is 16.9. The van der Waals surface area contributed by atoms with Gasteiger partial charge in [0, 0.05) is 44.1 Å². The molecule has 1 N–H and O–H groups in total. The van der Waals surface area contributed by atoms with Crippen LogP contribution in [0.1, 0.15) is 37.2 Å².